The highest BCUT2D eigenvalue weighted by Gasteiger charge is 2.24. The summed E-state index contributed by atoms with van der Waals surface area (Å²) >= 11 is 0. The highest BCUT2D eigenvalue weighted by Crippen LogP contribution is 2.25. The Morgan fingerprint density at radius 2 is 1.70 bits per heavy atom. The minimum atomic E-state index is -0.220. The zero-order valence-electron chi connectivity index (χ0n) is 18.6. The standard InChI is InChI=1S/C28H28FN3O/c29-27-8-4-2-5-23(27)13-16-31-28(33)24-14-17-32(18-15-24)20-21-9-11-22(12-10-21)26-7-3-1-6-25(26)19-30/h1-12,24H,13-18,20H2,(H,31,33). The number of halogens is 1. The lowest BCUT2D eigenvalue weighted by Crippen LogP contribution is -2.40. The molecule has 1 aliphatic heterocycles. The maximum absolute atomic E-state index is 13.7. The van der Waals surface area contributed by atoms with Gasteiger partial charge in [0.05, 0.1) is 11.6 Å². The van der Waals surface area contributed by atoms with Gasteiger partial charge in [-0.15, -0.1) is 0 Å². The molecule has 0 atom stereocenters. The summed E-state index contributed by atoms with van der Waals surface area (Å²) in [5, 5.41) is 12.3. The first kappa shape index (κ1) is 22.7. The number of nitrogens with zero attached hydrogens (tertiary/aromatic N) is 2. The van der Waals surface area contributed by atoms with Gasteiger partial charge in [0, 0.05) is 19.0 Å². The Morgan fingerprint density at radius 1 is 1.00 bits per heavy atom. The maximum atomic E-state index is 13.7. The first-order chi connectivity index (χ1) is 16.1. The van der Waals surface area contributed by atoms with Crippen molar-refractivity contribution in [2.45, 2.75) is 25.8 Å². The van der Waals surface area contributed by atoms with Crippen LogP contribution in [0.3, 0.4) is 0 Å². The van der Waals surface area contributed by atoms with Gasteiger partial charge in [0.2, 0.25) is 5.91 Å². The van der Waals surface area contributed by atoms with Gasteiger partial charge in [0.15, 0.2) is 0 Å². The van der Waals surface area contributed by atoms with Crippen molar-refractivity contribution < 1.29 is 9.18 Å². The van der Waals surface area contributed by atoms with Gasteiger partial charge in [0.25, 0.3) is 0 Å². The largest absolute Gasteiger partial charge is 0.356 e. The number of piperidine rings is 1. The molecule has 0 unspecified atom stereocenters. The number of carbonyl (C=O) groups excluding carboxylic acids is 1. The van der Waals surface area contributed by atoms with E-state index in [0.717, 1.165) is 43.6 Å². The van der Waals surface area contributed by atoms with E-state index in [9.17, 15) is 14.4 Å². The summed E-state index contributed by atoms with van der Waals surface area (Å²) in [6.07, 6.45) is 2.17. The van der Waals surface area contributed by atoms with E-state index in [4.69, 9.17) is 0 Å². The van der Waals surface area contributed by atoms with E-state index < -0.39 is 0 Å². The van der Waals surface area contributed by atoms with E-state index in [1.165, 1.54) is 11.6 Å². The quantitative estimate of drug-likeness (QED) is 0.565. The van der Waals surface area contributed by atoms with Crippen LogP contribution >= 0.6 is 0 Å². The van der Waals surface area contributed by atoms with Crippen LogP contribution in [0.5, 0.6) is 0 Å². The molecule has 3 aromatic carbocycles. The smallest absolute Gasteiger partial charge is 0.223 e. The van der Waals surface area contributed by atoms with Crippen molar-refractivity contribution in [1.82, 2.24) is 10.2 Å². The molecule has 4 nitrogen and oxygen atoms in total. The van der Waals surface area contributed by atoms with Gasteiger partial charge < -0.3 is 5.32 Å². The van der Waals surface area contributed by atoms with Crippen molar-refractivity contribution >= 4 is 5.91 Å². The van der Waals surface area contributed by atoms with Crippen molar-refractivity contribution in [1.29, 1.82) is 5.26 Å². The van der Waals surface area contributed by atoms with E-state index >= 15 is 0 Å². The molecule has 1 saturated heterocycles. The fraction of sp³-hybridized carbons (Fsp3) is 0.286. The van der Waals surface area contributed by atoms with Crippen molar-refractivity contribution in [2.75, 3.05) is 19.6 Å². The number of nitrogens with one attached hydrogen (secondary N) is 1. The van der Waals surface area contributed by atoms with E-state index in [1.54, 1.807) is 12.1 Å². The Hall–Kier alpha value is -3.49. The van der Waals surface area contributed by atoms with E-state index in [0.29, 0.717) is 24.1 Å². The summed E-state index contributed by atoms with van der Waals surface area (Å²) in [6.45, 7) is 3.07. The number of hydrogen-bond donors (Lipinski definition) is 1. The number of rotatable bonds is 7. The third-order valence-corrected chi connectivity index (χ3v) is 6.33. The molecule has 0 radical (unpaired) electrons. The fourth-order valence-corrected chi connectivity index (χ4v) is 4.40. The van der Waals surface area contributed by atoms with Gasteiger partial charge in [0.1, 0.15) is 5.82 Å². The molecular formula is C28H28FN3O. The molecular weight excluding hydrogens is 413 g/mol. The van der Waals surface area contributed by atoms with Gasteiger partial charge in [-0.25, -0.2) is 4.39 Å². The SMILES string of the molecule is N#Cc1ccccc1-c1ccc(CN2CCC(C(=O)NCCc3ccccc3F)CC2)cc1. The second kappa shape index (κ2) is 10.9. The molecule has 0 spiro atoms. The lowest BCUT2D eigenvalue weighted by atomic mass is 9.95. The van der Waals surface area contributed by atoms with Gasteiger partial charge in [-0.1, -0.05) is 60.7 Å². The first-order valence-corrected chi connectivity index (χ1v) is 11.5. The molecule has 1 heterocycles. The van der Waals surface area contributed by atoms with Crippen LogP contribution in [0, 0.1) is 23.1 Å². The van der Waals surface area contributed by atoms with Crippen molar-refractivity contribution in [3.63, 3.8) is 0 Å². The first-order valence-electron chi connectivity index (χ1n) is 11.5. The number of amides is 1. The second-order valence-electron chi connectivity index (χ2n) is 8.54. The summed E-state index contributed by atoms with van der Waals surface area (Å²) in [5.74, 6) is -0.124. The number of likely N-dealkylation sites (tertiary alicyclic amines) is 1. The number of carbonyl (C=O) groups is 1. The molecule has 5 heteroatoms. The van der Waals surface area contributed by atoms with Crippen LogP contribution in [0.4, 0.5) is 4.39 Å². The summed E-state index contributed by atoms with van der Waals surface area (Å²) in [7, 11) is 0. The number of benzene rings is 3. The lowest BCUT2D eigenvalue weighted by Gasteiger charge is -2.31. The molecule has 0 saturated carbocycles. The van der Waals surface area contributed by atoms with Crippen LogP contribution < -0.4 is 5.32 Å². The van der Waals surface area contributed by atoms with Crippen LogP contribution in [-0.4, -0.2) is 30.4 Å². The van der Waals surface area contributed by atoms with Crippen LogP contribution in [-0.2, 0) is 17.8 Å². The Kier molecular flexibility index (Phi) is 7.49. The third-order valence-electron chi connectivity index (χ3n) is 6.33. The molecule has 1 fully saturated rings. The van der Waals surface area contributed by atoms with Crippen molar-refractivity contribution in [2.24, 2.45) is 5.92 Å². The predicted octanol–water partition coefficient (Wildman–Crippen LogP) is 4.94. The Morgan fingerprint density at radius 3 is 2.42 bits per heavy atom. The molecule has 168 valence electrons. The van der Waals surface area contributed by atoms with Crippen LogP contribution in [0.15, 0.2) is 72.8 Å². The Labute approximate surface area is 194 Å². The normalized spacial score (nSPS) is 14.5. The molecule has 33 heavy (non-hydrogen) atoms. The average Bonchev–Trinajstić information content (AvgIpc) is 2.86. The van der Waals surface area contributed by atoms with Gasteiger partial charge >= 0.3 is 0 Å². The number of nitriles is 1. The third kappa shape index (κ3) is 5.85. The average molecular weight is 442 g/mol. The van der Waals surface area contributed by atoms with Crippen molar-refractivity contribution in [3.8, 4) is 17.2 Å². The molecule has 1 N–H and O–H groups in total. The van der Waals surface area contributed by atoms with Crippen LogP contribution in [0.1, 0.15) is 29.5 Å². The maximum Gasteiger partial charge on any atom is 0.223 e. The topological polar surface area (TPSA) is 56.1 Å². The van der Waals surface area contributed by atoms with Crippen LogP contribution in [0.25, 0.3) is 11.1 Å². The molecule has 1 aliphatic rings. The molecule has 3 aromatic rings. The van der Waals surface area contributed by atoms with Crippen LogP contribution in [0.2, 0.25) is 0 Å². The van der Waals surface area contributed by atoms with Crippen molar-refractivity contribution in [3.05, 3.63) is 95.3 Å². The predicted molar refractivity (Wildman–Crippen MR) is 128 cm³/mol. The fourth-order valence-electron chi connectivity index (χ4n) is 4.40. The highest BCUT2D eigenvalue weighted by atomic mass is 19.1. The molecule has 0 aliphatic carbocycles. The molecule has 0 bridgehead atoms. The minimum Gasteiger partial charge on any atom is -0.356 e. The van der Waals surface area contributed by atoms with Gasteiger partial charge in [-0.3, -0.25) is 9.69 Å². The van der Waals surface area contributed by atoms with E-state index in [2.05, 4.69) is 40.6 Å². The molecule has 1 amide bonds. The summed E-state index contributed by atoms with van der Waals surface area (Å²) in [6, 6.07) is 25.0. The summed E-state index contributed by atoms with van der Waals surface area (Å²) < 4.78 is 13.7. The highest BCUT2D eigenvalue weighted by molar-refractivity contribution is 5.78. The zero-order chi connectivity index (χ0) is 23.0. The Bertz CT molecular complexity index is 1130. The van der Waals surface area contributed by atoms with Gasteiger partial charge in [-0.2, -0.15) is 5.26 Å². The zero-order valence-corrected chi connectivity index (χ0v) is 18.6. The Balaban J connectivity index is 1.23. The van der Waals surface area contributed by atoms with E-state index in [-0.39, 0.29) is 17.6 Å². The monoisotopic (exact) mass is 441 g/mol. The summed E-state index contributed by atoms with van der Waals surface area (Å²) in [4.78, 5) is 14.9. The second-order valence-corrected chi connectivity index (χ2v) is 8.54. The van der Waals surface area contributed by atoms with E-state index in [1.807, 2.05) is 30.3 Å². The molecule has 0 aromatic heterocycles. The molecule has 4 rings (SSSR count). The number of hydrogen-bond acceptors (Lipinski definition) is 3. The minimum absolute atomic E-state index is 0.0201. The lowest BCUT2D eigenvalue weighted by molar-refractivity contribution is -0.126. The summed E-state index contributed by atoms with van der Waals surface area (Å²) in [5.41, 5.74) is 4.53. The van der Waals surface area contributed by atoms with Gasteiger partial charge in [-0.05, 0) is 66.7 Å².